The van der Waals surface area contributed by atoms with Crippen LogP contribution in [0.1, 0.15) is 37.2 Å². The first kappa shape index (κ1) is 21.3. The molecule has 7 heteroatoms. The number of halogens is 2. The molecular formula is C13H23Cl2N3O2. The van der Waals surface area contributed by atoms with Crippen molar-refractivity contribution < 1.29 is 9.53 Å². The maximum absolute atomic E-state index is 11.9. The lowest BCUT2D eigenvalue weighted by Gasteiger charge is -2.13. The van der Waals surface area contributed by atoms with Gasteiger partial charge in [0, 0.05) is 12.7 Å². The van der Waals surface area contributed by atoms with E-state index in [0.717, 1.165) is 12.8 Å². The van der Waals surface area contributed by atoms with E-state index in [-0.39, 0.29) is 36.8 Å². The zero-order chi connectivity index (χ0) is 13.4. The molecule has 1 amide bonds. The van der Waals surface area contributed by atoms with Crippen LogP contribution in [0.3, 0.4) is 0 Å². The molecule has 1 rings (SSSR count). The second-order valence-electron chi connectivity index (χ2n) is 4.27. The standard InChI is InChI=1S/C13H21N3O2.2ClH/c1-10(2)18-11-6-5-9-15-12(11)13(17)16-8-4-3-7-14;;/h5-6,9-10H,3-4,7-8,14H2,1-2H3,(H,16,17);2*1H. The highest BCUT2D eigenvalue weighted by Crippen LogP contribution is 2.16. The van der Waals surface area contributed by atoms with Gasteiger partial charge in [-0.25, -0.2) is 4.98 Å². The second-order valence-corrected chi connectivity index (χ2v) is 4.27. The zero-order valence-electron chi connectivity index (χ0n) is 11.8. The molecule has 1 aromatic heterocycles. The molecule has 0 saturated heterocycles. The average Bonchev–Trinajstić information content (AvgIpc) is 2.34. The van der Waals surface area contributed by atoms with Gasteiger partial charge in [0.25, 0.3) is 5.91 Å². The number of rotatable bonds is 7. The van der Waals surface area contributed by atoms with Crippen molar-refractivity contribution in [1.29, 1.82) is 0 Å². The van der Waals surface area contributed by atoms with Gasteiger partial charge in [0.15, 0.2) is 11.4 Å². The van der Waals surface area contributed by atoms with Crippen LogP contribution in [-0.2, 0) is 0 Å². The Bertz CT molecular complexity index is 390. The molecule has 1 aromatic rings. The van der Waals surface area contributed by atoms with Crippen LogP contribution in [0.25, 0.3) is 0 Å². The fourth-order valence-electron chi connectivity index (χ4n) is 1.47. The van der Waals surface area contributed by atoms with Crippen molar-refractivity contribution in [3.05, 3.63) is 24.0 Å². The van der Waals surface area contributed by atoms with Crippen LogP contribution in [0.15, 0.2) is 18.3 Å². The van der Waals surface area contributed by atoms with Gasteiger partial charge in [-0.15, -0.1) is 24.8 Å². The largest absolute Gasteiger partial charge is 0.489 e. The van der Waals surface area contributed by atoms with Gasteiger partial charge in [-0.2, -0.15) is 0 Å². The maximum Gasteiger partial charge on any atom is 0.273 e. The Kier molecular flexibility index (Phi) is 12.5. The van der Waals surface area contributed by atoms with Gasteiger partial charge >= 0.3 is 0 Å². The molecule has 0 radical (unpaired) electrons. The van der Waals surface area contributed by atoms with Gasteiger partial charge in [0.1, 0.15) is 0 Å². The predicted octanol–water partition coefficient (Wildman–Crippen LogP) is 2.18. The molecule has 5 nitrogen and oxygen atoms in total. The molecule has 0 spiro atoms. The van der Waals surface area contributed by atoms with E-state index in [1.165, 1.54) is 0 Å². The first-order valence-electron chi connectivity index (χ1n) is 6.25. The normalized spacial score (nSPS) is 9.40. The molecule has 0 unspecified atom stereocenters. The summed E-state index contributed by atoms with van der Waals surface area (Å²) in [5, 5.41) is 2.81. The van der Waals surface area contributed by atoms with Crippen LogP contribution in [0.2, 0.25) is 0 Å². The lowest BCUT2D eigenvalue weighted by molar-refractivity contribution is 0.0941. The number of ether oxygens (including phenoxy) is 1. The summed E-state index contributed by atoms with van der Waals surface area (Å²) >= 11 is 0. The van der Waals surface area contributed by atoms with Crippen molar-refractivity contribution in [2.75, 3.05) is 13.1 Å². The number of nitrogens with one attached hydrogen (secondary N) is 1. The number of nitrogens with zero attached hydrogens (tertiary/aromatic N) is 1. The van der Waals surface area contributed by atoms with Crippen molar-refractivity contribution in [1.82, 2.24) is 10.3 Å². The summed E-state index contributed by atoms with van der Waals surface area (Å²) in [6.45, 7) is 5.07. The highest BCUT2D eigenvalue weighted by Gasteiger charge is 2.14. The summed E-state index contributed by atoms with van der Waals surface area (Å²) in [6.07, 6.45) is 3.37. The quantitative estimate of drug-likeness (QED) is 0.754. The highest BCUT2D eigenvalue weighted by atomic mass is 35.5. The Morgan fingerprint density at radius 3 is 2.70 bits per heavy atom. The molecular weight excluding hydrogens is 301 g/mol. The summed E-state index contributed by atoms with van der Waals surface area (Å²) in [5.41, 5.74) is 5.72. The number of carbonyl (C=O) groups excluding carboxylic acids is 1. The van der Waals surface area contributed by atoms with Gasteiger partial charge in [-0.05, 0) is 45.4 Å². The molecule has 0 aliphatic rings. The maximum atomic E-state index is 11.9. The fourth-order valence-corrected chi connectivity index (χ4v) is 1.47. The SMILES string of the molecule is CC(C)Oc1cccnc1C(=O)NCCCCN.Cl.Cl. The summed E-state index contributed by atoms with van der Waals surface area (Å²) in [5.74, 6) is 0.312. The Hall–Kier alpha value is -1.04. The third kappa shape index (κ3) is 7.53. The van der Waals surface area contributed by atoms with Gasteiger partial charge < -0.3 is 15.8 Å². The minimum Gasteiger partial charge on any atom is -0.489 e. The number of unbranched alkanes of at least 4 members (excludes halogenated alkanes) is 1. The Labute approximate surface area is 132 Å². The second kappa shape index (κ2) is 11.8. The smallest absolute Gasteiger partial charge is 0.273 e. The lowest BCUT2D eigenvalue weighted by atomic mass is 10.2. The molecule has 116 valence electrons. The first-order chi connectivity index (χ1) is 8.65. The Morgan fingerprint density at radius 2 is 2.10 bits per heavy atom. The molecule has 0 fully saturated rings. The van der Waals surface area contributed by atoms with Crippen LogP contribution in [0.4, 0.5) is 0 Å². The van der Waals surface area contributed by atoms with Crippen molar-refractivity contribution in [3.63, 3.8) is 0 Å². The van der Waals surface area contributed by atoms with Crippen LogP contribution < -0.4 is 15.8 Å². The Balaban J connectivity index is 0. The molecule has 0 aromatic carbocycles. The first-order valence-corrected chi connectivity index (χ1v) is 6.25. The van der Waals surface area contributed by atoms with Crippen molar-refractivity contribution in [3.8, 4) is 5.75 Å². The van der Waals surface area contributed by atoms with E-state index >= 15 is 0 Å². The summed E-state index contributed by atoms with van der Waals surface area (Å²) in [4.78, 5) is 16.0. The van der Waals surface area contributed by atoms with Crippen molar-refractivity contribution >= 4 is 30.7 Å². The number of hydrogen-bond acceptors (Lipinski definition) is 4. The minimum absolute atomic E-state index is 0. The van der Waals surface area contributed by atoms with E-state index in [4.69, 9.17) is 10.5 Å². The fraction of sp³-hybridized carbons (Fsp3) is 0.538. The number of nitrogens with two attached hydrogens (primary N) is 1. The summed E-state index contributed by atoms with van der Waals surface area (Å²) in [6, 6.07) is 3.50. The molecule has 0 saturated carbocycles. The number of aromatic nitrogens is 1. The van der Waals surface area contributed by atoms with E-state index in [1.54, 1.807) is 18.3 Å². The van der Waals surface area contributed by atoms with E-state index in [0.29, 0.717) is 24.5 Å². The van der Waals surface area contributed by atoms with E-state index in [2.05, 4.69) is 10.3 Å². The number of carbonyl (C=O) groups is 1. The monoisotopic (exact) mass is 323 g/mol. The van der Waals surface area contributed by atoms with Gasteiger partial charge in [-0.1, -0.05) is 0 Å². The third-order valence-corrected chi connectivity index (χ3v) is 2.26. The van der Waals surface area contributed by atoms with Crippen molar-refractivity contribution in [2.24, 2.45) is 5.73 Å². The van der Waals surface area contributed by atoms with Crippen molar-refractivity contribution in [2.45, 2.75) is 32.8 Å². The molecule has 0 bridgehead atoms. The molecule has 1 heterocycles. The molecule has 0 aliphatic heterocycles. The van der Waals surface area contributed by atoms with E-state index < -0.39 is 0 Å². The Morgan fingerprint density at radius 1 is 1.40 bits per heavy atom. The summed E-state index contributed by atoms with van der Waals surface area (Å²) < 4.78 is 5.55. The molecule has 0 aliphatic carbocycles. The lowest BCUT2D eigenvalue weighted by Crippen LogP contribution is -2.26. The van der Waals surface area contributed by atoms with Crippen LogP contribution in [0.5, 0.6) is 5.75 Å². The zero-order valence-corrected chi connectivity index (χ0v) is 13.4. The average molecular weight is 324 g/mol. The summed E-state index contributed by atoms with van der Waals surface area (Å²) in [7, 11) is 0. The number of amides is 1. The van der Waals surface area contributed by atoms with E-state index in [9.17, 15) is 4.79 Å². The third-order valence-electron chi connectivity index (χ3n) is 2.26. The topological polar surface area (TPSA) is 77.2 Å². The molecule has 0 atom stereocenters. The molecule has 3 N–H and O–H groups in total. The van der Waals surface area contributed by atoms with Crippen LogP contribution >= 0.6 is 24.8 Å². The number of pyridine rings is 1. The number of hydrogen-bond donors (Lipinski definition) is 2. The van der Waals surface area contributed by atoms with Crippen LogP contribution in [0, 0.1) is 0 Å². The molecule has 20 heavy (non-hydrogen) atoms. The highest BCUT2D eigenvalue weighted by molar-refractivity contribution is 5.94. The minimum atomic E-state index is -0.205. The van der Waals surface area contributed by atoms with E-state index in [1.807, 2.05) is 13.8 Å². The van der Waals surface area contributed by atoms with Gasteiger partial charge in [0.2, 0.25) is 0 Å². The van der Waals surface area contributed by atoms with Crippen LogP contribution in [-0.4, -0.2) is 30.1 Å². The predicted molar refractivity (Wildman–Crippen MR) is 85.1 cm³/mol. The van der Waals surface area contributed by atoms with Gasteiger partial charge in [0.05, 0.1) is 6.10 Å². The van der Waals surface area contributed by atoms with Gasteiger partial charge in [-0.3, -0.25) is 4.79 Å².